The summed E-state index contributed by atoms with van der Waals surface area (Å²) in [4.78, 5) is 26.7. The molecule has 0 spiro atoms. The summed E-state index contributed by atoms with van der Waals surface area (Å²) in [6, 6.07) is 21.2. The van der Waals surface area contributed by atoms with Crippen LogP contribution in [-0.4, -0.2) is 50.8 Å². The molecule has 2 aromatic carbocycles. The lowest BCUT2D eigenvalue weighted by atomic mass is 10.1. The zero-order valence-corrected chi connectivity index (χ0v) is 20.5. The minimum Gasteiger partial charge on any atom is -0.461 e. The van der Waals surface area contributed by atoms with Crippen molar-refractivity contribution in [2.75, 3.05) is 24.7 Å². The summed E-state index contributed by atoms with van der Waals surface area (Å²) in [5.41, 5.74) is 2.90. The molecule has 2 amide bonds. The van der Waals surface area contributed by atoms with Gasteiger partial charge in [0.2, 0.25) is 17.6 Å². The summed E-state index contributed by atoms with van der Waals surface area (Å²) in [6.45, 7) is 2.53. The van der Waals surface area contributed by atoms with Crippen LogP contribution in [-0.2, 0) is 22.6 Å². The Bertz CT molecular complexity index is 1270. The van der Waals surface area contributed by atoms with Crippen LogP contribution in [0.15, 0.2) is 82.6 Å². The van der Waals surface area contributed by atoms with E-state index in [0.717, 1.165) is 23.2 Å². The molecule has 0 unspecified atom stereocenters. The van der Waals surface area contributed by atoms with Gasteiger partial charge in [0.05, 0.1) is 25.1 Å². The number of nitrogens with one attached hydrogen (secondary N) is 1. The first-order valence-electron chi connectivity index (χ1n) is 11.3. The molecule has 2 aromatic heterocycles. The molecule has 2 heterocycles. The zero-order chi connectivity index (χ0) is 24.6. The minimum atomic E-state index is -0.237. The predicted octanol–water partition coefficient (Wildman–Crippen LogP) is 4.34. The number of rotatable bonds is 10. The highest BCUT2D eigenvalue weighted by Gasteiger charge is 2.20. The third-order valence-electron chi connectivity index (χ3n) is 5.45. The Balaban J connectivity index is 1.40. The van der Waals surface area contributed by atoms with E-state index in [2.05, 4.69) is 15.5 Å². The largest absolute Gasteiger partial charge is 0.461 e. The number of carbonyl (C=O) groups excluding carboxylic acids is 2. The Morgan fingerprint density at radius 1 is 1.03 bits per heavy atom. The highest BCUT2D eigenvalue weighted by atomic mass is 32.2. The Hall–Kier alpha value is -3.85. The van der Waals surface area contributed by atoms with Crippen molar-refractivity contribution in [2.24, 2.45) is 0 Å². The molecular formula is C26H27N5O3S. The van der Waals surface area contributed by atoms with E-state index in [0.29, 0.717) is 23.3 Å². The van der Waals surface area contributed by atoms with Gasteiger partial charge >= 0.3 is 0 Å². The van der Waals surface area contributed by atoms with Crippen LogP contribution in [0.4, 0.5) is 5.69 Å². The summed E-state index contributed by atoms with van der Waals surface area (Å²) in [5.74, 6) is 0.908. The first-order valence-corrected chi connectivity index (χ1v) is 12.3. The second kappa shape index (κ2) is 11.5. The molecule has 0 saturated carbocycles. The Morgan fingerprint density at radius 2 is 1.80 bits per heavy atom. The molecule has 0 bridgehead atoms. The van der Waals surface area contributed by atoms with Crippen LogP contribution in [0.3, 0.4) is 0 Å². The van der Waals surface area contributed by atoms with Gasteiger partial charge in [0, 0.05) is 12.7 Å². The quantitative estimate of drug-likeness (QED) is 0.333. The fourth-order valence-electron chi connectivity index (χ4n) is 3.57. The molecule has 180 valence electrons. The third kappa shape index (κ3) is 6.19. The molecule has 0 fully saturated rings. The SMILES string of the molecule is CCc1ccccc1NC(=O)CN(C)C(=O)CSc1nnc(-c2ccco2)n1Cc1ccccc1. The van der Waals surface area contributed by atoms with Gasteiger partial charge in [-0.2, -0.15) is 0 Å². The number of benzene rings is 2. The summed E-state index contributed by atoms with van der Waals surface area (Å²) >= 11 is 1.28. The van der Waals surface area contributed by atoms with Gasteiger partial charge < -0.3 is 14.6 Å². The normalized spacial score (nSPS) is 10.8. The van der Waals surface area contributed by atoms with Crippen LogP contribution >= 0.6 is 11.8 Å². The van der Waals surface area contributed by atoms with Crippen molar-refractivity contribution in [3.05, 3.63) is 84.1 Å². The molecule has 0 aliphatic heterocycles. The number of likely N-dealkylation sites (N-methyl/N-ethyl adjacent to an activating group) is 1. The molecule has 35 heavy (non-hydrogen) atoms. The zero-order valence-electron chi connectivity index (χ0n) is 19.7. The number of anilines is 1. The topological polar surface area (TPSA) is 93.3 Å². The lowest BCUT2D eigenvalue weighted by molar-refractivity contribution is -0.131. The fraction of sp³-hybridized carbons (Fsp3) is 0.231. The number of hydrogen-bond acceptors (Lipinski definition) is 6. The molecule has 0 aliphatic carbocycles. The van der Waals surface area contributed by atoms with E-state index >= 15 is 0 Å². The van der Waals surface area contributed by atoms with Gasteiger partial charge in [-0.25, -0.2) is 0 Å². The molecule has 0 aliphatic rings. The summed E-state index contributed by atoms with van der Waals surface area (Å²) in [7, 11) is 1.62. The number of para-hydroxylation sites is 1. The standard InChI is InChI=1S/C26H27N5O3S/c1-3-20-12-7-8-13-21(20)27-23(32)17-30(2)24(33)18-35-26-29-28-25(22-14-9-15-34-22)31(26)16-19-10-5-4-6-11-19/h4-15H,3,16-18H2,1-2H3,(H,27,32). The van der Waals surface area contributed by atoms with Gasteiger partial charge in [-0.15, -0.1) is 10.2 Å². The molecule has 4 rings (SSSR count). The maximum Gasteiger partial charge on any atom is 0.243 e. The minimum absolute atomic E-state index is 0.0359. The van der Waals surface area contributed by atoms with Crippen molar-refractivity contribution < 1.29 is 14.0 Å². The number of nitrogens with zero attached hydrogens (tertiary/aromatic N) is 4. The van der Waals surface area contributed by atoms with E-state index in [1.165, 1.54) is 16.7 Å². The average molecular weight is 490 g/mol. The molecule has 0 saturated heterocycles. The number of carbonyl (C=O) groups is 2. The summed E-state index contributed by atoms with van der Waals surface area (Å²) in [5, 5.41) is 12.1. The Morgan fingerprint density at radius 3 is 2.54 bits per heavy atom. The smallest absolute Gasteiger partial charge is 0.243 e. The monoisotopic (exact) mass is 489 g/mol. The first-order chi connectivity index (χ1) is 17.0. The van der Waals surface area contributed by atoms with Crippen molar-refractivity contribution in [1.82, 2.24) is 19.7 Å². The first kappa shape index (κ1) is 24.3. The van der Waals surface area contributed by atoms with Gasteiger partial charge in [0.1, 0.15) is 0 Å². The van der Waals surface area contributed by atoms with Crippen molar-refractivity contribution in [2.45, 2.75) is 25.0 Å². The van der Waals surface area contributed by atoms with Gasteiger partial charge in [-0.3, -0.25) is 14.2 Å². The molecule has 4 aromatic rings. The second-order valence-corrected chi connectivity index (χ2v) is 8.90. The number of aryl methyl sites for hydroxylation is 1. The maximum absolute atomic E-state index is 12.8. The molecule has 9 heteroatoms. The molecular weight excluding hydrogens is 462 g/mol. The number of furan rings is 1. The highest BCUT2D eigenvalue weighted by Crippen LogP contribution is 2.25. The van der Waals surface area contributed by atoms with Crippen LogP contribution in [0.25, 0.3) is 11.6 Å². The van der Waals surface area contributed by atoms with E-state index in [4.69, 9.17) is 4.42 Å². The van der Waals surface area contributed by atoms with Gasteiger partial charge in [0.25, 0.3) is 0 Å². The molecule has 8 nitrogen and oxygen atoms in total. The van der Waals surface area contributed by atoms with Gasteiger partial charge in [0.15, 0.2) is 10.9 Å². The van der Waals surface area contributed by atoms with E-state index in [1.807, 2.05) is 72.2 Å². The van der Waals surface area contributed by atoms with E-state index in [-0.39, 0.29) is 24.1 Å². The van der Waals surface area contributed by atoms with E-state index < -0.39 is 0 Å². The maximum atomic E-state index is 12.8. The van der Waals surface area contributed by atoms with E-state index in [1.54, 1.807) is 19.4 Å². The number of hydrogen-bond donors (Lipinski definition) is 1. The van der Waals surface area contributed by atoms with Crippen molar-refractivity contribution in [3.8, 4) is 11.6 Å². The molecule has 1 N–H and O–H groups in total. The number of amides is 2. The van der Waals surface area contributed by atoms with Crippen LogP contribution in [0.5, 0.6) is 0 Å². The van der Waals surface area contributed by atoms with Crippen LogP contribution < -0.4 is 5.32 Å². The van der Waals surface area contributed by atoms with Crippen molar-refractivity contribution >= 4 is 29.3 Å². The Labute approximate surface area is 208 Å². The third-order valence-corrected chi connectivity index (χ3v) is 6.40. The van der Waals surface area contributed by atoms with Gasteiger partial charge in [-0.1, -0.05) is 67.2 Å². The van der Waals surface area contributed by atoms with Crippen LogP contribution in [0, 0.1) is 0 Å². The predicted molar refractivity (Wildman–Crippen MR) is 136 cm³/mol. The Kier molecular flexibility index (Phi) is 7.99. The van der Waals surface area contributed by atoms with Crippen molar-refractivity contribution in [1.29, 1.82) is 0 Å². The second-order valence-electron chi connectivity index (χ2n) is 7.95. The van der Waals surface area contributed by atoms with Crippen molar-refractivity contribution in [3.63, 3.8) is 0 Å². The van der Waals surface area contributed by atoms with Crippen LogP contribution in [0.1, 0.15) is 18.1 Å². The lowest BCUT2D eigenvalue weighted by Crippen LogP contribution is -2.36. The number of aromatic nitrogens is 3. The van der Waals surface area contributed by atoms with Crippen LogP contribution in [0.2, 0.25) is 0 Å². The van der Waals surface area contributed by atoms with Gasteiger partial charge in [-0.05, 0) is 35.7 Å². The summed E-state index contributed by atoms with van der Waals surface area (Å²) < 4.78 is 7.46. The average Bonchev–Trinajstić information content (AvgIpc) is 3.53. The lowest BCUT2D eigenvalue weighted by Gasteiger charge is -2.17. The summed E-state index contributed by atoms with van der Waals surface area (Å²) in [6.07, 6.45) is 2.40. The highest BCUT2D eigenvalue weighted by molar-refractivity contribution is 7.99. The number of thioether (sulfide) groups is 1. The fourth-order valence-corrected chi connectivity index (χ4v) is 4.45. The van der Waals surface area contributed by atoms with E-state index in [9.17, 15) is 9.59 Å². The molecule has 0 radical (unpaired) electrons. The molecule has 0 atom stereocenters.